The van der Waals surface area contributed by atoms with E-state index in [1.54, 1.807) is 17.6 Å². The first-order chi connectivity index (χ1) is 13.3. The van der Waals surface area contributed by atoms with Gasteiger partial charge < -0.3 is 15.1 Å². The minimum absolute atomic E-state index is 0.212. The predicted octanol–water partition coefficient (Wildman–Crippen LogP) is 3.23. The molecule has 0 saturated carbocycles. The minimum Gasteiger partial charge on any atom is -0.468 e. The molecule has 1 atom stereocenters. The quantitative estimate of drug-likeness (QED) is 0.509. The Morgan fingerprint density at radius 2 is 2.19 bits per heavy atom. The van der Waals surface area contributed by atoms with Crippen LogP contribution in [0.4, 0.5) is 0 Å². The Morgan fingerprint density at radius 3 is 2.85 bits per heavy atom. The van der Waals surface area contributed by atoms with Crippen molar-refractivity contribution in [3.05, 3.63) is 40.2 Å². The highest BCUT2D eigenvalue weighted by molar-refractivity contribution is 7.11. The van der Waals surface area contributed by atoms with Gasteiger partial charge in [0.05, 0.1) is 23.9 Å². The van der Waals surface area contributed by atoms with Crippen molar-refractivity contribution in [2.45, 2.75) is 45.6 Å². The maximum absolute atomic E-state index is 5.69. The number of guanidine groups is 1. The summed E-state index contributed by atoms with van der Waals surface area (Å²) in [6, 6.07) is 4.24. The van der Waals surface area contributed by atoms with Crippen LogP contribution in [-0.2, 0) is 12.8 Å². The number of nitrogens with one attached hydrogen (secondary N) is 2. The summed E-state index contributed by atoms with van der Waals surface area (Å²) < 4.78 is 5.69. The Hall–Kier alpha value is -1.86. The SMILES string of the molecule is CCNC(=NCC(c1ccco1)N1CCCC1)NCCc1ncc(CC)s1. The second-order valence-corrected chi connectivity index (χ2v) is 7.94. The number of thiazole rings is 1. The molecule has 1 saturated heterocycles. The van der Waals surface area contributed by atoms with Crippen molar-refractivity contribution < 1.29 is 4.42 Å². The first kappa shape index (κ1) is 19.9. The van der Waals surface area contributed by atoms with Gasteiger partial charge in [0.15, 0.2) is 5.96 Å². The van der Waals surface area contributed by atoms with Gasteiger partial charge in [-0.3, -0.25) is 9.89 Å². The van der Waals surface area contributed by atoms with E-state index in [4.69, 9.17) is 9.41 Å². The third kappa shape index (κ3) is 5.81. The first-order valence-corrected chi connectivity index (χ1v) is 10.8. The van der Waals surface area contributed by atoms with Gasteiger partial charge in [0.1, 0.15) is 5.76 Å². The van der Waals surface area contributed by atoms with Gasteiger partial charge in [-0.25, -0.2) is 4.98 Å². The molecule has 6 nitrogen and oxygen atoms in total. The summed E-state index contributed by atoms with van der Waals surface area (Å²) in [4.78, 5) is 13.2. The average molecular weight is 390 g/mol. The molecule has 1 unspecified atom stereocenters. The van der Waals surface area contributed by atoms with Crippen LogP contribution in [0.25, 0.3) is 0 Å². The Bertz CT molecular complexity index is 691. The third-order valence-corrected chi connectivity index (χ3v) is 6.00. The molecule has 1 aliphatic rings. The zero-order chi connectivity index (χ0) is 18.9. The number of hydrogen-bond donors (Lipinski definition) is 2. The number of likely N-dealkylation sites (tertiary alicyclic amines) is 1. The lowest BCUT2D eigenvalue weighted by Gasteiger charge is -2.24. The number of rotatable bonds is 9. The fourth-order valence-electron chi connectivity index (χ4n) is 3.35. The standard InChI is InChI=1S/C20H31N5OS/c1-3-16-14-23-19(27-16)9-10-22-20(21-4-2)24-15-17(18-8-7-13-26-18)25-11-5-6-12-25/h7-8,13-14,17H,3-6,9-12,15H2,1-2H3,(H2,21,22,24). The van der Waals surface area contributed by atoms with Crippen LogP contribution in [0.15, 0.2) is 34.0 Å². The smallest absolute Gasteiger partial charge is 0.191 e. The highest BCUT2D eigenvalue weighted by Gasteiger charge is 2.25. The van der Waals surface area contributed by atoms with Crippen molar-refractivity contribution in [3.63, 3.8) is 0 Å². The Labute approximate surface area is 166 Å². The lowest BCUT2D eigenvalue weighted by atomic mass is 10.2. The van der Waals surface area contributed by atoms with Gasteiger partial charge in [0.2, 0.25) is 0 Å². The molecular formula is C20H31N5OS. The number of aromatic nitrogens is 1. The van der Waals surface area contributed by atoms with Gasteiger partial charge >= 0.3 is 0 Å². The van der Waals surface area contributed by atoms with Crippen LogP contribution in [0.2, 0.25) is 0 Å². The number of furan rings is 1. The number of nitrogens with zero attached hydrogens (tertiary/aromatic N) is 3. The van der Waals surface area contributed by atoms with Gasteiger partial charge in [-0.05, 0) is 51.4 Å². The molecule has 0 spiro atoms. The Morgan fingerprint density at radius 1 is 1.33 bits per heavy atom. The van der Waals surface area contributed by atoms with Crippen molar-refractivity contribution in [2.75, 3.05) is 32.7 Å². The van der Waals surface area contributed by atoms with Crippen LogP contribution < -0.4 is 10.6 Å². The minimum atomic E-state index is 0.212. The van der Waals surface area contributed by atoms with Crippen molar-refractivity contribution in [2.24, 2.45) is 4.99 Å². The van der Waals surface area contributed by atoms with Gasteiger partial charge in [0, 0.05) is 30.6 Å². The summed E-state index contributed by atoms with van der Waals surface area (Å²) in [7, 11) is 0. The zero-order valence-corrected chi connectivity index (χ0v) is 17.2. The fourth-order valence-corrected chi connectivity index (χ4v) is 4.22. The van der Waals surface area contributed by atoms with E-state index in [0.29, 0.717) is 6.54 Å². The van der Waals surface area contributed by atoms with Crippen LogP contribution in [0.3, 0.4) is 0 Å². The van der Waals surface area contributed by atoms with Crippen molar-refractivity contribution >= 4 is 17.3 Å². The van der Waals surface area contributed by atoms with Crippen LogP contribution >= 0.6 is 11.3 Å². The highest BCUT2D eigenvalue weighted by Crippen LogP contribution is 2.25. The molecule has 7 heteroatoms. The first-order valence-electron chi connectivity index (χ1n) is 10.0. The van der Waals surface area contributed by atoms with Gasteiger partial charge in [-0.15, -0.1) is 11.3 Å². The van der Waals surface area contributed by atoms with Crippen LogP contribution in [0.1, 0.15) is 48.4 Å². The van der Waals surface area contributed by atoms with Gasteiger partial charge in [0.25, 0.3) is 0 Å². The largest absolute Gasteiger partial charge is 0.468 e. The second kappa shape index (κ2) is 10.5. The van der Waals surface area contributed by atoms with E-state index < -0.39 is 0 Å². The van der Waals surface area contributed by atoms with Crippen molar-refractivity contribution in [1.29, 1.82) is 0 Å². The van der Waals surface area contributed by atoms with E-state index >= 15 is 0 Å². The number of aryl methyl sites for hydroxylation is 1. The van der Waals surface area contributed by atoms with E-state index in [-0.39, 0.29) is 6.04 Å². The van der Waals surface area contributed by atoms with E-state index in [0.717, 1.165) is 50.7 Å². The molecule has 0 aromatic carbocycles. The molecule has 3 rings (SSSR count). The molecule has 0 aliphatic carbocycles. The summed E-state index contributed by atoms with van der Waals surface area (Å²) in [5.74, 6) is 1.87. The Balaban J connectivity index is 1.57. The second-order valence-electron chi connectivity index (χ2n) is 6.74. The summed E-state index contributed by atoms with van der Waals surface area (Å²) >= 11 is 1.80. The van der Waals surface area contributed by atoms with Crippen molar-refractivity contribution in [3.8, 4) is 0 Å². The van der Waals surface area contributed by atoms with Gasteiger partial charge in [-0.2, -0.15) is 0 Å². The monoisotopic (exact) mass is 389 g/mol. The van der Waals surface area contributed by atoms with E-state index in [9.17, 15) is 0 Å². The summed E-state index contributed by atoms with van der Waals surface area (Å²) in [5.41, 5.74) is 0. The molecule has 2 N–H and O–H groups in total. The van der Waals surface area contributed by atoms with Crippen molar-refractivity contribution in [1.82, 2.24) is 20.5 Å². The molecular weight excluding hydrogens is 358 g/mol. The van der Waals surface area contributed by atoms with Crippen LogP contribution in [-0.4, -0.2) is 48.6 Å². The third-order valence-electron chi connectivity index (χ3n) is 4.80. The molecule has 2 aromatic rings. The van der Waals surface area contributed by atoms with E-state index in [1.807, 2.05) is 12.3 Å². The molecule has 27 heavy (non-hydrogen) atoms. The van der Waals surface area contributed by atoms with Crippen LogP contribution in [0.5, 0.6) is 0 Å². The summed E-state index contributed by atoms with van der Waals surface area (Å²) in [6.45, 7) is 8.87. The lowest BCUT2D eigenvalue weighted by Crippen LogP contribution is -2.39. The topological polar surface area (TPSA) is 65.7 Å². The number of hydrogen-bond acceptors (Lipinski definition) is 5. The van der Waals surface area contributed by atoms with E-state index in [2.05, 4.69) is 40.4 Å². The molecule has 1 aliphatic heterocycles. The summed E-state index contributed by atoms with van der Waals surface area (Å²) in [5, 5.41) is 7.97. The lowest BCUT2D eigenvalue weighted by molar-refractivity contribution is 0.221. The maximum Gasteiger partial charge on any atom is 0.191 e. The fraction of sp³-hybridized carbons (Fsp3) is 0.600. The molecule has 2 aromatic heterocycles. The molecule has 148 valence electrons. The molecule has 0 bridgehead atoms. The predicted molar refractivity (Wildman–Crippen MR) is 111 cm³/mol. The van der Waals surface area contributed by atoms with Gasteiger partial charge in [-0.1, -0.05) is 6.92 Å². The average Bonchev–Trinajstić information content (AvgIpc) is 3.44. The van der Waals surface area contributed by atoms with Crippen LogP contribution in [0, 0.1) is 0 Å². The number of aliphatic imine (C=N–C) groups is 1. The summed E-state index contributed by atoms with van der Waals surface area (Å²) in [6.07, 6.45) is 8.23. The molecule has 0 radical (unpaired) electrons. The molecule has 1 fully saturated rings. The molecule has 0 amide bonds. The zero-order valence-electron chi connectivity index (χ0n) is 16.4. The maximum atomic E-state index is 5.69. The Kier molecular flexibility index (Phi) is 7.71. The normalized spacial score (nSPS) is 16.6. The van der Waals surface area contributed by atoms with E-state index in [1.165, 1.54) is 22.7 Å². The molecule has 3 heterocycles. The highest BCUT2D eigenvalue weighted by atomic mass is 32.1.